The normalized spacial score (nSPS) is 17.1. The Morgan fingerprint density at radius 1 is 1.14 bits per heavy atom. The highest BCUT2D eigenvalue weighted by atomic mass is 19.1. The summed E-state index contributed by atoms with van der Waals surface area (Å²) in [4.78, 5) is 10.9. The van der Waals surface area contributed by atoms with E-state index >= 15 is 0 Å². The Bertz CT molecular complexity index is 667. The molecule has 0 fully saturated rings. The predicted octanol–water partition coefficient (Wildman–Crippen LogP) is 4.14. The van der Waals surface area contributed by atoms with Crippen LogP contribution in [-0.4, -0.2) is 11.2 Å². The molecule has 0 saturated heterocycles. The van der Waals surface area contributed by atoms with E-state index < -0.39 is 6.09 Å². The van der Waals surface area contributed by atoms with Gasteiger partial charge < -0.3 is 10.4 Å². The Labute approximate surface area is 122 Å². The Balaban J connectivity index is 1.98. The van der Waals surface area contributed by atoms with Gasteiger partial charge in [-0.05, 0) is 59.7 Å². The van der Waals surface area contributed by atoms with Crippen molar-refractivity contribution in [2.45, 2.75) is 25.3 Å². The number of hydrogen-bond acceptors (Lipinski definition) is 1. The van der Waals surface area contributed by atoms with Crippen LogP contribution in [0.2, 0.25) is 0 Å². The van der Waals surface area contributed by atoms with Crippen LogP contribution in [0.15, 0.2) is 42.5 Å². The zero-order valence-electron chi connectivity index (χ0n) is 11.5. The fourth-order valence-electron chi connectivity index (χ4n) is 2.92. The summed E-state index contributed by atoms with van der Waals surface area (Å²) in [6.07, 6.45) is 1.76. The monoisotopic (exact) mass is 285 g/mol. The molecule has 0 saturated carbocycles. The minimum absolute atomic E-state index is 0.161. The molecule has 0 spiro atoms. The van der Waals surface area contributed by atoms with Crippen LogP contribution in [0.1, 0.15) is 30.0 Å². The molecule has 1 aliphatic rings. The SMILES string of the molecule is O=C(O)NC1CCCc2ccc(-c3ccc(F)cc3)cc21. The van der Waals surface area contributed by atoms with Gasteiger partial charge in [-0.15, -0.1) is 0 Å². The summed E-state index contributed by atoms with van der Waals surface area (Å²) in [5.74, 6) is -0.262. The van der Waals surface area contributed by atoms with Crippen molar-refractivity contribution in [1.29, 1.82) is 0 Å². The number of benzene rings is 2. The summed E-state index contributed by atoms with van der Waals surface area (Å²) < 4.78 is 13.0. The molecule has 0 radical (unpaired) electrons. The lowest BCUT2D eigenvalue weighted by atomic mass is 9.85. The summed E-state index contributed by atoms with van der Waals surface area (Å²) in [6, 6.07) is 12.2. The maximum absolute atomic E-state index is 13.0. The molecule has 1 unspecified atom stereocenters. The van der Waals surface area contributed by atoms with Crippen LogP contribution < -0.4 is 5.32 Å². The summed E-state index contributed by atoms with van der Waals surface area (Å²) >= 11 is 0. The molecule has 0 bridgehead atoms. The van der Waals surface area contributed by atoms with Crippen molar-refractivity contribution in [2.75, 3.05) is 0 Å². The molecule has 1 amide bonds. The Morgan fingerprint density at radius 3 is 2.57 bits per heavy atom. The first kappa shape index (κ1) is 13.6. The molecule has 0 aromatic heterocycles. The van der Waals surface area contributed by atoms with E-state index in [9.17, 15) is 9.18 Å². The predicted molar refractivity (Wildman–Crippen MR) is 78.7 cm³/mol. The summed E-state index contributed by atoms with van der Waals surface area (Å²) in [7, 11) is 0. The van der Waals surface area contributed by atoms with Gasteiger partial charge in [0.15, 0.2) is 0 Å². The Kier molecular flexibility index (Phi) is 3.60. The molecular formula is C17H16FNO2. The van der Waals surface area contributed by atoms with E-state index in [2.05, 4.69) is 5.32 Å². The van der Waals surface area contributed by atoms with Crippen LogP contribution in [0, 0.1) is 5.82 Å². The largest absolute Gasteiger partial charge is 0.465 e. The molecular weight excluding hydrogens is 269 g/mol. The summed E-state index contributed by atoms with van der Waals surface area (Å²) in [5.41, 5.74) is 4.13. The van der Waals surface area contributed by atoms with Gasteiger partial charge >= 0.3 is 6.09 Å². The minimum atomic E-state index is -1.000. The van der Waals surface area contributed by atoms with Crippen LogP contribution in [0.4, 0.5) is 9.18 Å². The second-order valence-electron chi connectivity index (χ2n) is 5.31. The van der Waals surface area contributed by atoms with E-state index in [1.54, 1.807) is 12.1 Å². The average Bonchev–Trinajstić information content (AvgIpc) is 2.47. The number of fused-ring (bicyclic) bond motifs is 1. The Hall–Kier alpha value is -2.36. The van der Waals surface area contributed by atoms with E-state index in [1.807, 2.05) is 18.2 Å². The zero-order chi connectivity index (χ0) is 14.8. The van der Waals surface area contributed by atoms with Crippen molar-refractivity contribution < 1.29 is 14.3 Å². The third-order valence-corrected chi connectivity index (χ3v) is 3.94. The van der Waals surface area contributed by atoms with Crippen molar-refractivity contribution in [3.05, 3.63) is 59.4 Å². The number of amides is 1. The smallest absolute Gasteiger partial charge is 0.405 e. The third-order valence-electron chi connectivity index (χ3n) is 3.94. The van der Waals surface area contributed by atoms with E-state index in [4.69, 9.17) is 5.11 Å². The van der Waals surface area contributed by atoms with Crippen LogP contribution in [0.5, 0.6) is 0 Å². The summed E-state index contributed by atoms with van der Waals surface area (Å²) in [5, 5.41) is 11.5. The second-order valence-corrected chi connectivity index (χ2v) is 5.31. The number of aryl methyl sites for hydroxylation is 1. The molecule has 0 aliphatic heterocycles. The van der Waals surface area contributed by atoms with Crippen molar-refractivity contribution >= 4 is 6.09 Å². The van der Waals surface area contributed by atoms with E-state index in [-0.39, 0.29) is 11.9 Å². The fourth-order valence-corrected chi connectivity index (χ4v) is 2.92. The highest BCUT2D eigenvalue weighted by Gasteiger charge is 2.22. The first-order valence-corrected chi connectivity index (χ1v) is 7.02. The molecule has 3 rings (SSSR count). The quantitative estimate of drug-likeness (QED) is 0.871. The number of nitrogens with one attached hydrogen (secondary N) is 1. The topological polar surface area (TPSA) is 49.3 Å². The lowest BCUT2D eigenvalue weighted by molar-refractivity contribution is 0.188. The number of carboxylic acid groups (broad SMARTS) is 1. The van der Waals surface area contributed by atoms with Gasteiger partial charge in [-0.2, -0.15) is 0 Å². The van der Waals surface area contributed by atoms with Gasteiger partial charge in [-0.3, -0.25) is 0 Å². The highest BCUT2D eigenvalue weighted by molar-refractivity contribution is 5.68. The molecule has 3 nitrogen and oxygen atoms in total. The van der Waals surface area contributed by atoms with Crippen molar-refractivity contribution in [1.82, 2.24) is 5.32 Å². The molecule has 21 heavy (non-hydrogen) atoms. The summed E-state index contributed by atoms with van der Waals surface area (Å²) in [6.45, 7) is 0. The zero-order valence-corrected chi connectivity index (χ0v) is 11.5. The van der Waals surface area contributed by atoms with Crippen LogP contribution >= 0.6 is 0 Å². The molecule has 1 aliphatic carbocycles. The Morgan fingerprint density at radius 2 is 1.86 bits per heavy atom. The average molecular weight is 285 g/mol. The fraction of sp³-hybridized carbons (Fsp3) is 0.235. The van der Waals surface area contributed by atoms with Crippen molar-refractivity contribution in [3.8, 4) is 11.1 Å². The van der Waals surface area contributed by atoms with Crippen molar-refractivity contribution in [3.63, 3.8) is 0 Å². The number of hydrogen-bond donors (Lipinski definition) is 2. The van der Waals surface area contributed by atoms with E-state index in [1.165, 1.54) is 17.7 Å². The van der Waals surface area contributed by atoms with Gasteiger partial charge in [0, 0.05) is 0 Å². The van der Waals surface area contributed by atoms with Gasteiger partial charge in [0.05, 0.1) is 6.04 Å². The molecule has 1 atom stereocenters. The van der Waals surface area contributed by atoms with Crippen LogP contribution in [-0.2, 0) is 6.42 Å². The van der Waals surface area contributed by atoms with E-state index in [0.717, 1.165) is 36.0 Å². The minimum Gasteiger partial charge on any atom is -0.465 e. The maximum atomic E-state index is 13.0. The molecule has 4 heteroatoms. The molecule has 0 heterocycles. The van der Waals surface area contributed by atoms with Gasteiger partial charge in [0.1, 0.15) is 5.82 Å². The molecule has 2 aromatic carbocycles. The standard InChI is InChI=1S/C17H16FNO2/c18-14-8-6-11(7-9-14)13-5-4-12-2-1-3-16(15(12)10-13)19-17(20)21/h4-10,16,19H,1-3H2,(H,20,21). The number of carbonyl (C=O) groups is 1. The first-order chi connectivity index (χ1) is 10.1. The lowest BCUT2D eigenvalue weighted by Crippen LogP contribution is -2.29. The molecule has 2 N–H and O–H groups in total. The highest BCUT2D eigenvalue weighted by Crippen LogP contribution is 2.33. The van der Waals surface area contributed by atoms with Gasteiger partial charge in [-0.25, -0.2) is 9.18 Å². The first-order valence-electron chi connectivity index (χ1n) is 7.02. The number of halogens is 1. The lowest BCUT2D eigenvalue weighted by Gasteiger charge is -2.26. The van der Waals surface area contributed by atoms with Crippen LogP contribution in [0.3, 0.4) is 0 Å². The van der Waals surface area contributed by atoms with Crippen molar-refractivity contribution in [2.24, 2.45) is 0 Å². The molecule has 108 valence electrons. The molecule has 2 aromatic rings. The van der Waals surface area contributed by atoms with E-state index in [0.29, 0.717) is 0 Å². The maximum Gasteiger partial charge on any atom is 0.405 e. The van der Waals surface area contributed by atoms with Gasteiger partial charge in [-0.1, -0.05) is 24.3 Å². The van der Waals surface area contributed by atoms with Gasteiger partial charge in [0.25, 0.3) is 0 Å². The third kappa shape index (κ3) is 2.89. The number of rotatable bonds is 2. The van der Waals surface area contributed by atoms with Gasteiger partial charge in [0.2, 0.25) is 0 Å². The van der Waals surface area contributed by atoms with Crippen LogP contribution in [0.25, 0.3) is 11.1 Å². The second kappa shape index (κ2) is 5.56.